The summed E-state index contributed by atoms with van der Waals surface area (Å²) in [5, 5.41) is 2.45. The zero-order valence-electron chi connectivity index (χ0n) is 15.4. The predicted molar refractivity (Wildman–Crippen MR) is 102 cm³/mol. The number of aromatic nitrogens is 1. The van der Waals surface area contributed by atoms with Crippen LogP contribution >= 0.6 is 11.8 Å². The van der Waals surface area contributed by atoms with Crippen molar-refractivity contribution in [3.63, 3.8) is 0 Å². The van der Waals surface area contributed by atoms with E-state index < -0.39 is 5.60 Å². The molecule has 136 valence electrons. The Morgan fingerprint density at radius 2 is 2.04 bits per heavy atom. The Morgan fingerprint density at radius 1 is 1.32 bits per heavy atom. The van der Waals surface area contributed by atoms with Crippen LogP contribution in [0.3, 0.4) is 0 Å². The van der Waals surface area contributed by atoms with Crippen molar-refractivity contribution in [1.29, 1.82) is 0 Å². The number of pyridine rings is 1. The summed E-state index contributed by atoms with van der Waals surface area (Å²) in [4.78, 5) is 21.6. The first-order chi connectivity index (χ1) is 11.8. The van der Waals surface area contributed by atoms with Gasteiger partial charge >= 0.3 is 0 Å². The van der Waals surface area contributed by atoms with Crippen LogP contribution in [0.4, 0.5) is 0 Å². The molecule has 1 aromatic heterocycles. The smallest absolute Gasteiger partial charge is 0.233 e. The minimum absolute atomic E-state index is 0.209. The van der Waals surface area contributed by atoms with E-state index in [0.717, 1.165) is 22.2 Å². The number of para-hydroxylation sites is 1. The largest absolute Gasteiger partial charge is 0.369 e. The van der Waals surface area contributed by atoms with Crippen LogP contribution in [0, 0.1) is 0 Å². The minimum atomic E-state index is -0.444. The summed E-state index contributed by atoms with van der Waals surface area (Å²) in [5.74, 6) is 0.739. The van der Waals surface area contributed by atoms with Gasteiger partial charge in [0.2, 0.25) is 6.41 Å². The molecule has 0 aliphatic carbocycles. The molecule has 1 heterocycles. The lowest BCUT2D eigenvalue weighted by atomic mass is 10.2. The Hall–Kier alpha value is -1.63. The van der Waals surface area contributed by atoms with Gasteiger partial charge < -0.3 is 4.74 Å². The molecule has 2 atom stereocenters. The highest BCUT2D eigenvalue weighted by Crippen LogP contribution is 2.26. The van der Waals surface area contributed by atoms with Crippen LogP contribution in [0.1, 0.15) is 33.3 Å². The molecule has 0 radical (unpaired) electrons. The Kier molecular flexibility index (Phi) is 6.81. The first-order valence-corrected chi connectivity index (χ1v) is 9.30. The summed E-state index contributed by atoms with van der Waals surface area (Å²) in [6, 6.07) is 9.95. The van der Waals surface area contributed by atoms with E-state index in [4.69, 9.17) is 9.57 Å². The second kappa shape index (κ2) is 8.65. The number of methoxy groups -OCH3 is 1. The first-order valence-electron chi connectivity index (χ1n) is 8.25. The lowest BCUT2D eigenvalue weighted by Gasteiger charge is -2.34. The van der Waals surface area contributed by atoms with Crippen LogP contribution in [0.15, 0.2) is 36.5 Å². The maximum absolute atomic E-state index is 11.4. The zero-order chi connectivity index (χ0) is 18.4. The van der Waals surface area contributed by atoms with Crippen molar-refractivity contribution < 1.29 is 14.4 Å². The maximum atomic E-state index is 11.4. The van der Waals surface area contributed by atoms with Crippen molar-refractivity contribution in [2.24, 2.45) is 0 Å². The molecule has 0 fully saturated rings. The van der Waals surface area contributed by atoms with Gasteiger partial charge in [-0.25, -0.2) is 5.06 Å². The molecule has 0 N–H and O–H groups in total. The van der Waals surface area contributed by atoms with Gasteiger partial charge in [0.25, 0.3) is 0 Å². The Balaban J connectivity index is 2.03. The van der Waals surface area contributed by atoms with Gasteiger partial charge in [-0.1, -0.05) is 18.2 Å². The van der Waals surface area contributed by atoms with Gasteiger partial charge in [-0.15, -0.1) is 11.8 Å². The van der Waals surface area contributed by atoms with E-state index >= 15 is 0 Å². The fraction of sp³-hybridized carbons (Fsp3) is 0.474. The van der Waals surface area contributed by atoms with Crippen molar-refractivity contribution in [2.75, 3.05) is 7.11 Å². The number of fused-ring (bicyclic) bond motifs is 1. The van der Waals surface area contributed by atoms with Crippen molar-refractivity contribution >= 4 is 29.1 Å². The first kappa shape index (κ1) is 19.7. The van der Waals surface area contributed by atoms with Gasteiger partial charge in [-0.3, -0.25) is 14.6 Å². The number of ether oxygens (including phenoxy) is 1. The summed E-state index contributed by atoms with van der Waals surface area (Å²) in [5.41, 5.74) is 1.45. The highest BCUT2D eigenvalue weighted by atomic mass is 32.2. The van der Waals surface area contributed by atoms with Crippen molar-refractivity contribution in [3.8, 4) is 0 Å². The van der Waals surface area contributed by atoms with E-state index in [1.807, 2.05) is 52.1 Å². The molecule has 0 saturated heterocycles. The van der Waals surface area contributed by atoms with Gasteiger partial charge in [0.15, 0.2) is 0 Å². The van der Waals surface area contributed by atoms with E-state index in [-0.39, 0.29) is 11.5 Å². The molecule has 2 unspecified atom stereocenters. The fourth-order valence-electron chi connectivity index (χ4n) is 2.41. The van der Waals surface area contributed by atoms with E-state index in [1.54, 1.807) is 18.9 Å². The van der Waals surface area contributed by atoms with Crippen molar-refractivity contribution in [2.45, 2.75) is 50.5 Å². The molecular weight excluding hydrogens is 336 g/mol. The standard InChI is InChI=1S/C19H26N2O3S/c1-14(21(13-22)24-19(2,3)4)18(23-5)25-12-15-10-16-8-6-7-9-17(16)20-11-15/h6-11,13-14,18H,12H2,1-5H3. The number of thioether (sulfide) groups is 1. The number of carbonyl (C=O) groups excluding carboxylic acids is 1. The second-order valence-electron chi connectivity index (χ2n) is 6.86. The lowest BCUT2D eigenvalue weighted by molar-refractivity contribution is -0.236. The van der Waals surface area contributed by atoms with Gasteiger partial charge in [-0.2, -0.15) is 0 Å². The Labute approximate surface area is 153 Å². The predicted octanol–water partition coefficient (Wildman–Crippen LogP) is 4.02. The van der Waals surface area contributed by atoms with Crippen LogP contribution in [0.25, 0.3) is 10.9 Å². The monoisotopic (exact) mass is 362 g/mol. The molecule has 1 aromatic carbocycles. The Morgan fingerprint density at radius 3 is 2.68 bits per heavy atom. The highest BCUT2D eigenvalue weighted by molar-refractivity contribution is 7.99. The molecule has 2 rings (SSSR count). The van der Waals surface area contributed by atoms with Crippen molar-refractivity contribution in [1.82, 2.24) is 10.0 Å². The molecule has 0 aliphatic heterocycles. The highest BCUT2D eigenvalue weighted by Gasteiger charge is 2.27. The molecule has 0 saturated carbocycles. The molecule has 0 spiro atoms. The molecule has 25 heavy (non-hydrogen) atoms. The van der Waals surface area contributed by atoms with Gasteiger partial charge in [0.1, 0.15) is 5.44 Å². The van der Waals surface area contributed by atoms with Crippen LogP contribution in [-0.2, 0) is 20.1 Å². The van der Waals surface area contributed by atoms with Crippen LogP contribution in [0.2, 0.25) is 0 Å². The SMILES string of the molecule is COC(SCc1cnc2ccccc2c1)C(C)N(C=O)OC(C)(C)C. The number of nitrogens with zero attached hydrogens (tertiary/aromatic N) is 2. The lowest BCUT2D eigenvalue weighted by Crippen LogP contribution is -2.44. The van der Waals surface area contributed by atoms with Crippen molar-refractivity contribution in [3.05, 3.63) is 42.1 Å². The molecule has 0 bridgehead atoms. The van der Waals surface area contributed by atoms with E-state index in [9.17, 15) is 4.79 Å². The van der Waals surface area contributed by atoms with Gasteiger partial charge in [-0.05, 0) is 45.4 Å². The average Bonchev–Trinajstić information content (AvgIpc) is 2.59. The number of hydrogen-bond acceptors (Lipinski definition) is 5. The summed E-state index contributed by atoms with van der Waals surface area (Å²) in [7, 11) is 1.65. The third-order valence-electron chi connectivity index (χ3n) is 3.57. The van der Waals surface area contributed by atoms with Crippen LogP contribution < -0.4 is 0 Å². The molecule has 2 aromatic rings. The molecule has 1 amide bonds. The van der Waals surface area contributed by atoms with E-state index in [0.29, 0.717) is 6.41 Å². The number of rotatable bonds is 8. The summed E-state index contributed by atoms with van der Waals surface area (Å²) in [6.45, 7) is 7.64. The van der Waals surface area contributed by atoms with E-state index in [1.165, 1.54) is 5.06 Å². The number of benzene rings is 1. The number of hydroxylamine groups is 2. The summed E-state index contributed by atoms with van der Waals surface area (Å²) < 4.78 is 5.58. The Bertz CT molecular complexity index is 702. The zero-order valence-corrected chi connectivity index (χ0v) is 16.2. The van der Waals surface area contributed by atoms with Crippen LogP contribution in [-0.4, -0.2) is 40.6 Å². The second-order valence-corrected chi connectivity index (χ2v) is 7.95. The topological polar surface area (TPSA) is 51.7 Å². The average molecular weight is 362 g/mol. The van der Waals surface area contributed by atoms with Crippen LogP contribution in [0.5, 0.6) is 0 Å². The third-order valence-corrected chi connectivity index (χ3v) is 4.99. The number of carbonyl (C=O) groups is 1. The molecular formula is C19H26N2O3S. The summed E-state index contributed by atoms with van der Waals surface area (Å²) in [6.07, 6.45) is 2.59. The quantitative estimate of drug-likeness (QED) is 0.403. The minimum Gasteiger partial charge on any atom is -0.369 e. The molecule has 6 heteroatoms. The third kappa shape index (κ3) is 5.70. The normalized spacial score (nSPS) is 14.3. The fourth-order valence-corrected chi connectivity index (χ4v) is 3.46. The maximum Gasteiger partial charge on any atom is 0.233 e. The van der Waals surface area contributed by atoms with Gasteiger partial charge in [0.05, 0.1) is 17.2 Å². The van der Waals surface area contributed by atoms with E-state index in [2.05, 4.69) is 17.1 Å². The number of amides is 1. The molecule has 0 aliphatic rings. The number of hydrogen-bond donors (Lipinski definition) is 0. The summed E-state index contributed by atoms with van der Waals surface area (Å²) >= 11 is 1.62. The van der Waals surface area contributed by atoms with Gasteiger partial charge in [0, 0.05) is 24.4 Å². The molecule has 5 nitrogen and oxygen atoms in total.